The number of carbonyl (C=O) groups excluding carboxylic acids is 1. The van der Waals surface area contributed by atoms with E-state index in [0.29, 0.717) is 17.9 Å². The van der Waals surface area contributed by atoms with E-state index in [4.69, 9.17) is 10.5 Å². The Morgan fingerprint density at radius 2 is 2.10 bits per heavy atom. The number of nitrogens with one attached hydrogen (secondary N) is 1. The van der Waals surface area contributed by atoms with Gasteiger partial charge in [-0.05, 0) is 51.8 Å². The van der Waals surface area contributed by atoms with E-state index in [0.717, 1.165) is 15.7 Å². The van der Waals surface area contributed by atoms with Crippen LogP contribution < -0.4 is 11.1 Å². The number of ether oxygens (including phenoxy) is 1. The fourth-order valence-corrected chi connectivity index (χ4v) is 2.04. The normalized spacial score (nSPS) is 10.3. The molecule has 0 bridgehead atoms. The molecule has 104 valence electrons. The van der Waals surface area contributed by atoms with Crippen molar-refractivity contribution in [1.82, 2.24) is 0 Å². The van der Waals surface area contributed by atoms with Crippen LogP contribution in [0.4, 0.5) is 11.4 Å². The molecule has 0 saturated heterocycles. The number of benzene rings is 2. The summed E-state index contributed by atoms with van der Waals surface area (Å²) in [6.45, 7) is 0.509. The van der Waals surface area contributed by atoms with Gasteiger partial charge in [0.05, 0.1) is 6.61 Å². The largest absolute Gasteiger partial charge is 0.398 e. The monoisotopic (exact) mass is 334 g/mol. The maximum atomic E-state index is 12.1. The first-order valence-electron chi connectivity index (χ1n) is 6.04. The summed E-state index contributed by atoms with van der Waals surface area (Å²) < 4.78 is 5.84. The highest BCUT2D eigenvalue weighted by Gasteiger charge is 2.08. The minimum absolute atomic E-state index is 0.196. The van der Waals surface area contributed by atoms with E-state index in [1.54, 1.807) is 25.3 Å². The molecule has 3 N–H and O–H groups in total. The Morgan fingerprint density at radius 3 is 2.80 bits per heavy atom. The molecule has 0 saturated carbocycles. The number of anilines is 2. The minimum atomic E-state index is -0.196. The summed E-state index contributed by atoms with van der Waals surface area (Å²) in [6.07, 6.45) is 0. The van der Waals surface area contributed by atoms with Gasteiger partial charge in [-0.25, -0.2) is 0 Å². The average Bonchev–Trinajstić information content (AvgIpc) is 2.42. The van der Waals surface area contributed by atoms with Crippen molar-refractivity contribution in [3.8, 4) is 0 Å². The Balaban J connectivity index is 2.14. The summed E-state index contributed by atoms with van der Waals surface area (Å²) >= 11 is 3.30. The molecule has 20 heavy (non-hydrogen) atoms. The number of hydrogen-bond acceptors (Lipinski definition) is 3. The molecule has 2 rings (SSSR count). The van der Waals surface area contributed by atoms with E-state index in [1.165, 1.54) is 0 Å². The van der Waals surface area contributed by atoms with Gasteiger partial charge in [-0.15, -0.1) is 0 Å². The van der Waals surface area contributed by atoms with E-state index in [9.17, 15) is 4.79 Å². The first-order chi connectivity index (χ1) is 9.60. The number of halogens is 1. The Kier molecular flexibility index (Phi) is 4.76. The van der Waals surface area contributed by atoms with Gasteiger partial charge in [0.2, 0.25) is 0 Å². The van der Waals surface area contributed by atoms with Crippen LogP contribution in [0, 0.1) is 0 Å². The van der Waals surface area contributed by atoms with Crippen LogP contribution in [0.15, 0.2) is 46.9 Å². The number of rotatable bonds is 4. The fraction of sp³-hybridized carbons (Fsp3) is 0.133. The summed E-state index contributed by atoms with van der Waals surface area (Å²) in [5.41, 5.74) is 8.55. The van der Waals surface area contributed by atoms with Crippen molar-refractivity contribution in [3.63, 3.8) is 0 Å². The van der Waals surface area contributed by atoms with Crippen molar-refractivity contribution in [1.29, 1.82) is 0 Å². The molecule has 0 aromatic heterocycles. The molecule has 0 spiro atoms. The zero-order chi connectivity index (χ0) is 14.5. The second-order valence-electron chi connectivity index (χ2n) is 4.32. The van der Waals surface area contributed by atoms with Gasteiger partial charge in [-0.3, -0.25) is 4.79 Å². The van der Waals surface area contributed by atoms with Crippen LogP contribution in [-0.4, -0.2) is 13.0 Å². The van der Waals surface area contributed by atoms with E-state index in [-0.39, 0.29) is 5.91 Å². The lowest BCUT2D eigenvalue weighted by atomic mass is 10.1. The molecule has 0 atom stereocenters. The molecule has 2 aromatic carbocycles. The Bertz CT molecular complexity index is 629. The molecular formula is C15H15BrN2O2. The first-order valence-corrected chi connectivity index (χ1v) is 6.83. The predicted molar refractivity (Wildman–Crippen MR) is 83.7 cm³/mol. The second-order valence-corrected chi connectivity index (χ2v) is 5.18. The summed E-state index contributed by atoms with van der Waals surface area (Å²) in [5, 5.41) is 2.84. The van der Waals surface area contributed by atoms with Gasteiger partial charge in [-0.1, -0.05) is 12.1 Å². The molecule has 0 aliphatic carbocycles. The third kappa shape index (κ3) is 3.59. The van der Waals surface area contributed by atoms with Crippen LogP contribution >= 0.6 is 15.9 Å². The standard InChI is InChI=1S/C15H15BrN2O2/c1-20-9-10-3-2-4-12(7-10)18-15(19)11-5-6-13(16)14(17)8-11/h2-8H,9,17H2,1H3,(H,18,19). The number of carbonyl (C=O) groups is 1. The molecule has 0 fully saturated rings. The van der Waals surface area contributed by atoms with Crippen molar-refractivity contribution in [2.24, 2.45) is 0 Å². The third-order valence-corrected chi connectivity index (χ3v) is 3.48. The molecule has 2 aromatic rings. The van der Waals surface area contributed by atoms with Gasteiger partial charge in [0, 0.05) is 28.5 Å². The number of nitrogen functional groups attached to an aromatic ring is 1. The smallest absolute Gasteiger partial charge is 0.255 e. The summed E-state index contributed by atoms with van der Waals surface area (Å²) in [4.78, 5) is 12.1. The SMILES string of the molecule is COCc1cccc(NC(=O)c2ccc(Br)c(N)c2)c1. The van der Waals surface area contributed by atoms with Crippen LogP contribution in [0.1, 0.15) is 15.9 Å². The maximum absolute atomic E-state index is 12.1. The number of hydrogen-bond donors (Lipinski definition) is 2. The second kappa shape index (κ2) is 6.54. The quantitative estimate of drug-likeness (QED) is 0.842. The Labute approximate surface area is 126 Å². The van der Waals surface area contributed by atoms with E-state index < -0.39 is 0 Å². The number of methoxy groups -OCH3 is 1. The molecule has 5 heteroatoms. The lowest BCUT2D eigenvalue weighted by molar-refractivity contribution is 0.102. The zero-order valence-corrected chi connectivity index (χ0v) is 12.6. The van der Waals surface area contributed by atoms with E-state index >= 15 is 0 Å². The summed E-state index contributed by atoms with van der Waals surface area (Å²) in [7, 11) is 1.63. The van der Waals surface area contributed by atoms with Gasteiger partial charge in [0.1, 0.15) is 0 Å². The van der Waals surface area contributed by atoms with Gasteiger partial charge in [0.15, 0.2) is 0 Å². The van der Waals surface area contributed by atoms with Crippen LogP contribution in [0.5, 0.6) is 0 Å². The third-order valence-electron chi connectivity index (χ3n) is 2.75. The fourth-order valence-electron chi connectivity index (χ4n) is 1.79. The van der Waals surface area contributed by atoms with Crippen molar-refractivity contribution >= 4 is 33.2 Å². The minimum Gasteiger partial charge on any atom is -0.398 e. The van der Waals surface area contributed by atoms with Crippen LogP contribution in [0.2, 0.25) is 0 Å². The molecular weight excluding hydrogens is 320 g/mol. The lowest BCUT2D eigenvalue weighted by Crippen LogP contribution is -2.12. The predicted octanol–water partition coefficient (Wildman–Crippen LogP) is 3.43. The number of amides is 1. The van der Waals surface area contributed by atoms with Crippen molar-refractivity contribution < 1.29 is 9.53 Å². The summed E-state index contributed by atoms with van der Waals surface area (Å²) in [6, 6.07) is 12.6. The number of nitrogens with two attached hydrogens (primary N) is 1. The molecule has 0 heterocycles. The van der Waals surface area contributed by atoms with Gasteiger partial charge in [0.25, 0.3) is 5.91 Å². The molecule has 4 nitrogen and oxygen atoms in total. The van der Waals surface area contributed by atoms with Crippen LogP contribution in [0.3, 0.4) is 0 Å². The van der Waals surface area contributed by atoms with Crippen molar-refractivity contribution in [3.05, 3.63) is 58.1 Å². The van der Waals surface area contributed by atoms with Gasteiger partial charge < -0.3 is 15.8 Å². The van der Waals surface area contributed by atoms with E-state index in [1.807, 2.05) is 24.3 Å². The zero-order valence-electron chi connectivity index (χ0n) is 11.0. The summed E-state index contributed by atoms with van der Waals surface area (Å²) in [5.74, 6) is -0.196. The lowest BCUT2D eigenvalue weighted by Gasteiger charge is -2.08. The average molecular weight is 335 g/mol. The van der Waals surface area contributed by atoms with Gasteiger partial charge >= 0.3 is 0 Å². The van der Waals surface area contributed by atoms with Gasteiger partial charge in [-0.2, -0.15) is 0 Å². The van der Waals surface area contributed by atoms with Crippen molar-refractivity contribution in [2.45, 2.75) is 6.61 Å². The highest BCUT2D eigenvalue weighted by molar-refractivity contribution is 9.10. The highest BCUT2D eigenvalue weighted by atomic mass is 79.9. The van der Waals surface area contributed by atoms with E-state index in [2.05, 4.69) is 21.2 Å². The molecule has 0 aliphatic rings. The maximum Gasteiger partial charge on any atom is 0.255 e. The Hall–Kier alpha value is -1.85. The highest BCUT2D eigenvalue weighted by Crippen LogP contribution is 2.21. The van der Waals surface area contributed by atoms with Crippen LogP contribution in [-0.2, 0) is 11.3 Å². The van der Waals surface area contributed by atoms with Crippen LogP contribution in [0.25, 0.3) is 0 Å². The molecule has 0 aliphatic heterocycles. The molecule has 1 amide bonds. The first kappa shape index (κ1) is 14.6. The molecule has 0 radical (unpaired) electrons. The van der Waals surface area contributed by atoms with Crippen molar-refractivity contribution in [2.75, 3.05) is 18.2 Å². The molecule has 0 unspecified atom stereocenters. The topological polar surface area (TPSA) is 64.3 Å². The Morgan fingerprint density at radius 1 is 1.30 bits per heavy atom.